The van der Waals surface area contributed by atoms with Gasteiger partial charge in [0.2, 0.25) is 5.85 Å². The first kappa shape index (κ1) is 10.7. The van der Waals surface area contributed by atoms with Crippen LogP contribution < -0.4 is 0 Å². The van der Waals surface area contributed by atoms with Crippen molar-refractivity contribution in [3.05, 3.63) is 0 Å². The lowest BCUT2D eigenvalue weighted by Gasteiger charge is -2.31. The highest BCUT2D eigenvalue weighted by Gasteiger charge is 2.46. The molecule has 13 heavy (non-hydrogen) atoms. The molecule has 0 aliphatic carbocycles. The van der Waals surface area contributed by atoms with E-state index in [1.165, 1.54) is 0 Å². The molecule has 0 bridgehead atoms. The maximum Gasteiger partial charge on any atom is 0.371 e. The predicted octanol–water partition coefficient (Wildman–Crippen LogP) is 1.53. The van der Waals surface area contributed by atoms with Crippen LogP contribution in [0.5, 0.6) is 0 Å². The molecule has 0 saturated carbocycles. The minimum atomic E-state index is -3.20. The predicted molar refractivity (Wildman–Crippen MR) is 45.4 cm³/mol. The first-order valence-corrected chi connectivity index (χ1v) is 5.82. The summed E-state index contributed by atoms with van der Waals surface area (Å²) in [5.41, 5.74) is 0. The Labute approximate surface area is 76.9 Å². The molecule has 1 fully saturated rings. The Hall–Kier alpha value is -0.380. The number of rotatable bonds is 5. The topological polar surface area (TPSA) is 61.8 Å². The van der Waals surface area contributed by atoms with Crippen molar-refractivity contribution in [2.75, 3.05) is 13.2 Å². The van der Waals surface area contributed by atoms with Crippen LogP contribution in [-0.2, 0) is 23.1 Å². The number of hydrogen-bond acceptors (Lipinski definition) is 5. The maximum absolute atomic E-state index is 11.8. The number of carbonyl (C=O) groups is 1. The number of hydrogen-bond donors (Lipinski definition) is 0. The summed E-state index contributed by atoms with van der Waals surface area (Å²) in [4.78, 5) is 10.5. The van der Waals surface area contributed by atoms with Crippen LogP contribution in [0, 0.1) is 0 Å². The van der Waals surface area contributed by atoms with Crippen LogP contribution in [0.25, 0.3) is 0 Å². The molecule has 5 nitrogen and oxygen atoms in total. The molecule has 1 aliphatic rings. The zero-order chi connectivity index (χ0) is 9.90. The Morgan fingerprint density at radius 1 is 1.46 bits per heavy atom. The lowest BCUT2D eigenvalue weighted by Crippen LogP contribution is -2.33. The van der Waals surface area contributed by atoms with E-state index in [9.17, 15) is 9.36 Å². The van der Waals surface area contributed by atoms with E-state index >= 15 is 0 Å². The van der Waals surface area contributed by atoms with Crippen LogP contribution in [0.1, 0.15) is 20.3 Å². The molecule has 0 aromatic heterocycles. The van der Waals surface area contributed by atoms with Crippen LogP contribution in [0.2, 0.25) is 0 Å². The average Bonchev–Trinajstić information content (AvgIpc) is 2.00. The quantitative estimate of drug-likeness (QED) is 0.506. The monoisotopic (exact) mass is 208 g/mol. The van der Waals surface area contributed by atoms with Gasteiger partial charge in [-0.05, 0) is 13.8 Å². The van der Waals surface area contributed by atoms with Crippen LogP contribution in [-0.4, -0.2) is 25.0 Å². The molecule has 0 radical (unpaired) electrons. The fourth-order valence-corrected chi connectivity index (χ4v) is 2.77. The van der Waals surface area contributed by atoms with Gasteiger partial charge in [-0.25, -0.2) is 0 Å². The first-order chi connectivity index (χ1) is 6.12. The van der Waals surface area contributed by atoms with E-state index in [1.54, 1.807) is 13.8 Å². The van der Waals surface area contributed by atoms with Gasteiger partial charge in [0.1, 0.15) is 0 Å². The third-order valence-corrected chi connectivity index (χ3v) is 3.81. The molecule has 1 unspecified atom stereocenters. The first-order valence-electron chi connectivity index (χ1n) is 4.20. The van der Waals surface area contributed by atoms with Crippen LogP contribution >= 0.6 is 7.60 Å². The Kier molecular flexibility index (Phi) is 3.47. The van der Waals surface area contributed by atoms with E-state index < -0.39 is 13.4 Å². The van der Waals surface area contributed by atoms with Crippen molar-refractivity contribution in [3.63, 3.8) is 0 Å². The van der Waals surface area contributed by atoms with Crippen molar-refractivity contribution in [1.29, 1.82) is 0 Å². The lowest BCUT2D eigenvalue weighted by atomic mass is 10.4. The van der Waals surface area contributed by atoms with Crippen molar-refractivity contribution in [3.8, 4) is 0 Å². The van der Waals surface area contributed by atoms with Crippen LogP contribution in [0.3, 0.4) is 0 Å². The van der Waals surface area contributed by atoms with Gasteiger partial charge in [0.25, 0.3) is 0 Å². The Morgan fingerprint density at radius 3 is 2.23 bits per heavy atom. The summed E-state index contributed by atoms with van der Waals surface area (Å²) in [6.45, 7) is 4.00. The normalized spacial score (nSPS) is 22.3. The van der Waals surface area contributed by atoms with Crippen molar-refractivity contribution < 1.29 is 23.1 Å². The number of cyclic esters (lactones) is 1. The summed E-state index contributed by atoms with van der Waals surface area (Å²) >= 11 is 0. The Balaban J connectivity index is 2.56. The van der Waals surface area contributed by atoms with Gasteiger partial charge in [-0.2, -0.15) is 0 Å². The minimum absolute atomic E-state index is 0.122. The van der Waals surface area contributed by atoms with Crippen molar-refractivity contribution >= 4 is 13.6 Å². The molecular formula is C7H13O5P. The number of esters is 1. The third-order valence-electron chi connectivity index (χ3n) is 1.58. The molecule has 1 rings (SSSR count). The second-order valence-electron chi connectivity index (χ2n) is 2.52. The van der Waals surface area contributed by atoms with E-state index in [1.807, 2.05) is 0 Å². The summed E-state index contributed by atoms with van der Waals surface area (Å²) in [5.74, 6) is -1.05. The van der Waals surface area contributed by atoms with Crippen LogP contribution in [0.4, 0.5) is 0 Å². The van der Waals surface area contributed by atoms with E-state index in [-0.39, 0.29) is 25.6 Å². The minimum Gasteiger partial charge on any atom is -0.449 e. The number of ether oxygens (including phenoxy) is 1. The molecule has 6 heteroatoms. The van der Waals surface area contributed by atoms with E-state index in [0.717, 1.165) is 0 Å². The van der Waals surface area contributed by atoms with Crippen molar-refractivity contribution in [2.24, 2.45) is 0 Å². The molecule has 0 N–H and O–H groups in total. The summed E-state index contributed by atoms with van der Waals surface area (Å²) < 4.78 is 26.4. The molecule has 0 amide bonds. The summed E-state index contributed by atoms with van der Waals surface area (Å²) in [7, 11) is -3.20. The van der Waals surface area contributed by atoms with Gasteiger partial charge in [-0.3, -0.25) is 9.36 Å². The molecular weight excluding hydrogens is 195 g/mol. The average molecular weight is 208 g/mol. The molecule has 0 spiro atoms. The lowest BCUT2D eigenvalue weighted by molar-refractivity contribution is -0.163. The highest BCUT2D eigenvalue weighted by molar-refractivity contribution is 7.54. The molecule has 76 valence electrons. The van der Waals surface area contributed by atoms with Crippen LogP contribution in [0.15, 0.2) is 0 Å². The second-order valence-corrected chi connectivity index (χ2v) is 4.70. The van der Waals surface area contributed by atoms with Gasteiger partial charge >= 0.3 is 13.6 Å². The van der Waals surface area contributed by atoms with E-state index in [0.29, 0.717) is 0 Å². The standard InChI is InChI=1S/C7H13O5P/c1-3-10-13(9,11-4-2)7-5-6(8)12-7/h7H,3-5H2,1-2H3. The van der Waals surface area contributed by atoms with E-state index in [2.05, 4.69) is 4.74 Å². The highest BCUT2D eigenvalue weighted by Crippen LogP contribution is 2.57. The largest absolute Gasteiger partial charge is 0.449 e. The van der Waals surface area contributed by atoms with Gasteiger partial charge in [0.05, 0.1) is 19.6 Å². The highest BCUT2D eigenvalue weighted by atomic mass is 31.2. The fraction of sp³-hybridized carbons (Fsp3) is 0.857. The fourth-order valence-electron chi connectivity index (χ4n) is 1.02. The third kappa shape index (κ3) is 2.30. The Bertz CT molecular complexity index is 221. The summed E-state index contributed by atoms with van der Waals surface area (Å²) in [6, 6.07) is 0. The molecule has 1 heterocycles. The Morgan fingerprint density at radius 2 is 1.92 bits per heavy atom. The van der Waals surface area contributed by atoms with Gasteiger partial charge in [0, 0.05) is 0 Å². The van der Waals surface area contributed by atoms with Crippen molar-refractivity contribution in [2.45, 2.75) is 26.1 Å². The van der Waals surface area contributed by atoms with Gasteiger partial charge in [-0.1, -0.05) is 0 Å². The maximum atomic E-state index is 11.8. The molecule has 0 aromatic rings. The van der Waals surface area contributed by atoms with Gasteiger partial charge in [0.15, 0.2) is 0 Å². The molecule has 0 aromatic carbocycles. The molecule has 1 aliphatic heterocycles. The molecule has 1 saturated heterocycles. The SMILES string of the molecule is CCOP(=O)(OCC)C1CC(=O)O1. The van der Waals surface area contributed by atoms with E-state index in [4.69, 9.17) is 9.05 Å². The summed E-state index contributed by atoms with van der Waals surface area (Å²) in [5, 5.41) is 0. The number of carbonyl (C=O) groups excluding carboxylic acids is 1. The smallest absolute Gasteiger partial charge is 0.371 e. The van der Waals surface area contributed by atoms with Gasteiger partial charge < -0.3 is 13.8 Å². The zero-order valence-corrected chi connectivity index (χ0v) is 8.58. The zero-order valence-electron chi connectivity index (χ0n) is 7.69. The second kappa shape index (κ2) is 4.22. The van der Waals surface area contributed by atoms with Gasteiger partial charge in [-0.15, -0.1) is 0 Å². The summed E-state index contributed by atoms with van der Waals surface area (Å²) in [6.07, 6.45) is 0.122. The van der Waals surface area contributed by atoms with Crippen molar-refractivity contribution in [1.82, 2.24) is 0 Å². The molecule has 1 atom stereocenters.